The molecule has 2 aromatic carbocycles. The second kappa shape index (κ2) is 9.27. The number of amides is 1. The van der Waals surface area contributed by atoms with E-state index < -0.39 is 11.6 Å². The molecule has 0 aliphatic heterocycles. The lowest BCUT2D eigenvalue weighted by Crippen LogP contribution is -2.31. The number of methoxy groups -OCH3 is 1. The Kier molecular flexibility index (Phi) is 5.76. The van der Waals surface area contributed by atoms with Gasteiger partial charge < -0.3 is 14.3 Å². The summed E-state index contributed by atoms with van der Waals surface area (Å²) >= 11 is 6.27. The van der Waals surface area contributed by atoms with Crippen molar-refractivity contribution in [2.24, 2.45) is 0 Å². The van der Waals surface area contributed by atoms with Crippen molar-refractivity contribution < 1.29 is 9.53 Å². The second-order valence-corrected chi connectivity index (χ2v) is 9.35. The van der Waals surface area contributed by atoms with Gasteiger partial charge in [-0.05, 0) is 70.8 Å². The fraction of sp³-hybridized carbons (Fsp3) is 0.154. The average Bonchev–Trinajstić information content (AvgIpc) is 3.29. The summed E-state index contributed by atoms with van der Waals surface area (Å²) in [5, 5.41) is 14.5. The number of imidazole rings is 1. The van der Waals surface area contributed by atoms with Gasteiger partial charge in [0.05, 0.1) is 24.7 Å². The Morgan fingerprint density at radius 2 is 1.92 bits per heavy atom. The maximum atomic E-state index is 13.4. The summed E-state index contributed by atoms with van der Waals surface area (Å²) in [7, 11) is 1.31. The molecule has 0 atom stereocenters. The molecule has 190 valence electrons. The molecule has 11 nitrogen and oxygen atoms in total. The number of ether oxygens (including phenoxy) is 1. The molecule has 0 unspecified atom stereocenters. The first kappa shape index (κ1) is 23.6. The van der Waals surface area contributed by atoms with Gasteiger partial charge in [0.25, 0.3) is 5.56 Å². The van der Waals surface area contributed by atoms with E-state index >= 15 is 0 Å². The third-order valence-electron chi connectivity index (χ3n) is 6.61. The molecule has 0 saturated heterocycles. The lowest BCUT2D eigenvalue weighted by molar-refractivity contribution is 0.187. The molecular formula is C26H21ClN8O3. The van der Waals surface area contributed by atoms with Crippen molar-refractivity contribution >= 4 is 23.4 Å². The number of aromatic nitrogens is 7. The summed E-state index contributed by atoms with van der Waals surface area (Å²) in [5.74, 6) is 0.719. The largest absolute Gasteiger partial charge is 0.453 e. The van der Waals surface area contributed by atoms with E-state index in [0.717, 1.165) is 35.5 Å². The number of H-pyrrole nitrogens is 1. The van der Waals surface area contributed by atoms with Crippen LogP contribution in [0.2, 0.25) is 5.02 Å². The number of nitrogens with zero attached hydrogens (tertiary/aromatic N) is 6. The third kappa shape index (κ3) is 4.22. The van der Waals surface area contributed by atoms with Gasteiger partial charge in [0.2, 0.25) is 0 Å². The first-order chi connectivity index (χ1) is 18.5. The van der Waals surface area contributed by atoms with Crippen molar-refractivity contribution in [2.45, 2.75) is 18.4 Å². The van der Waals surface area contributed by atoms with Crippen LogP contribution in [0.3, 0.4) is 0 Å². The van der Waals surface area contributed by atoms with E-state index in [1.807, 2.05) is 24.3 Å². The van der Waals surface area contributed by atoms with E-state index in [4.69, 9.17) is 11.6 Å². The number of aromatic amines is 1. The van der Waals surface area contributed by atoms with Crippen LogP contribution in [0.15, 0.2) is 78.1 Å². The topological polar surface area (TPSA) is 133 Å². The first-order valence-corrected chi connectivity index (χ1v) is 12.1. The van der Waals surface area contributed by atoms with Crippen molar-refractivity contribution in [3.05, 3.63) is 94.5 Å². The summed E-state index contributed by atoms with van der Waals surface area (Å²) < 4.78 is 7.88. The Hall–Kier alpha value is -4.77. The van der Waals surface area contributed by atoms with Gasteiger partial charge in [0.1, 0.15) is 17.7 Å². The Morgan fingerprint density at radius 3 is 2.61 bits per heavy atom. The first-order valence-electron chi connectivity index (χ1n) is 11.7. The Morgan fingerprint density at radius 1 is 1.11 bits per heavy atom. The molecule has 1 amide bonds. The fourth-order valence-electron chi connectivity index (χ4n) is 4.53. The van der Waals surface area contributed by atoms with Crippen LogP contribution in [0.25, 0.3) is 28.1 Å². The van der Waals surface area contributed by atoms with Crippen LogP contribution in [-0.4, -0.2) is 47.9 Å². The maximum Gasteiger partial charge on any atom is 0.411 e. The van der Waals surface area contributed by atoms with E-state index in [1.165, 1.54) is 18.1 Å². The number of hydrogen-bond donors (Lipinski definition) is 2. The van der Waals surface area contributed by atoms with Gasteiger partial charge in [-0.15, -0.1) is 5.10 Å². The molecule has 1 aliphatic carbocycles. The molecule has 1 fully saturated rings. The van der Waals surface area contributed by atoms with Crippen molar-refractivity contribution in [3.63, 3.8) is 0 Å². The number of hydrogen-bond acceptors (Lipinski definition) is 7. The number of anilines is 1. The number of carbonyl (C=O) groups is 1. The van der Waals surface area contributed by atoms with Crippen molar-refractivity contribution in [2.75, 3.05) is 12.4 Å². The summed E-state index contributed by atoms with van der Waals surface area (Å²) in [6.07, 6.45) is 6.08. The zero-order valence-electron chi connectivity index (χ0n) is 20.1. The average molecular weight is 529 g/mol. The van der Waals surface area contributed by atoms with Crippen LogP contribution in [-0.2, 0) is 10.3 Å². The maximum absolute atomic E-state index is 13.4. The smallest absolute Gasteiger partial charge is 0.411 e. The van der Waals surface area contributed by atoms with Gasteiger partial charge in [-0.2, -0.15) is 4.68 Å². The highest BCUT2D eigenvalue weighted by atomic mass is 35.5. The molecule has 5 aromatic rings. The van der Waals surface area contributed by atoms with Crippen LogP contribution in [0.5, 0.6) is 0 Å². The van der Waals surface area contributed by atoms with Crippen LogP contribution in [0, 0.1) is 0 Å². The van der Waals surface area contributed by atoms with Gasteiger partial charge in [-0.3, -0.25) is 10.1 Å². The van der Waals surface area contributed by atoms with Gasteiger partial charge >= 0.3 is 6.09 Å². The number of pyridine rings is 1. The van der Waals surface area contributed by atoms with Crippen molar-refractivity contribution in [1.82, 2.24) is 34.7 Å². The second-order valence-electron chi connectivity index (χ2n) is 8.91. The fourth-order valence-corrected chi connectivity index (χ4v) is 4.70. The molecule has 6 rings (SSSR count). The Balaban J connectivity index is 1.30. The molecule has 3 aromatic heterocycles. The molecule has 1 aliphatic rings. The van der Waals surface area contributed by atoms with E-state index in [9.17, 15) is 9.59 Å². The molecule has 0 spiro atoms. The van der Waals surface area contributed by atoms with Gasteiger partial charge in [-0.25, -0.2) is 9.78 Å². The summed E-state index contributed by atoms with van der Waals surface area (Å²) in [5.41, 5.74) is 3.79. The monoisotopic (exact) mass is 528 g/mol. The highest BCUT2D eigenvalue weighted by Crippen LogP contribution is 2.47. The standard InChI is InChI=1S/C26H21ClN8O3/c1-38-25(37)30-19-5-2-16(3-6-19)21-14-28-24(31-21)26(9-10-26)34-11-8-17(12-23(34)36)20-13-18(27)4-7-22(20)35-15-29-32-33-35/h2-8,11-15H,9-10H2,1H3,(H,28,31)(H,30,37). The van der Waals surface area contributed by atoms with Gasteiger partial charge in [-0.1, -0.05) is 23.7 Å². The van der Waals surface area contributed by atoms with Gasteiger partial charge in [0.15, 0.2) is 0 Å². The van der Waals surface area contributed by atoms with E-state index in [2.05, 4.69) is 35.5 Å². The molecule has 12 heteroatoms. The van der Waals surface area contributed by atoms with Crippen LogP contribution >= 0.6 is 11.6 Å². The zero-order valence-corrected chi connectivity index (χ0v) is 20.9. The van der Waals surface area contributed by atoms with Crippen molar-refractivity contribution in [1.29, 1.82) is 0 Å². The van der Waals surface area contributed by atoms with Crippen molar-refractivity contribution in [3.8, 4) is 28.1 Å². The Bertz CT molecular complexity index is 1690. The number of nitrogens with one attached hydrogen (secondary N) is 2. The van der Waals surface area contributed by atoms with Crippen LogP contribution < -0.4 is 10.9 Å². The minimum atomic E-state index is -0.534. The predicted molar refractivity (Wildman–Crippen MR) is 140 cm³/mol. The predicted octanol–water partition coefficient (Wildman–Crippen LogP) is 4.25. The van der Waals surface area contributed by atoms with Gasteiger partial charge in [0, 0.05) is 28.5 Å². The quantitative estimate of drug-likeness (QED) is 0.336. The van der Waals surface area contributed by atoms with E-state index in [0.29, 0.717) is 22.0 Å². The molecule has 38 heavy (non-hydrogen) atoms. The molecule has 1 saturated carbocycles. The summed E-state index contributed by atoms with van der Waals surface area (Å²) in [6.45, 7) is 0. The SMILES string of the molecule is COC(=O)Nc1ccc(-c2cnc(C3(n4ccc(-c5cc(Cl)ccc5-n5cnnn5)cc4=O)CC3)[nH]2)cc1. The number of benzene rings is 2. The number of halogens is 1. The summed E-state index contributed by atoms with van der Waals surface area (Å²) in [6, 6.07) is 16.1. The minimum Gasteiger partial charge on any atom is -0.453 e. The number of carbonyl (C=O) groups excluding carboxylic acids is 1. The highest BCUT2D eigenvalue weighted by molar-refractivity contribution is 6.31. The molecule has 2 N–H and O–H groups in total. The summed E-state index contributed by atoms with van der Waals surface area (Å²) in [4.78, 5) is 32.8. The minimum absolute atomic E-state index is 0.154. The van der Waals surface area contributed by atoms with Crippen LogP contribution in [0.4, 0.5) is 10.5 Å². The highest BCUT2D eigenvalue weighted by Gasteiger charge is 2.49. The van der Waals surface area contributed by atoms with Crippen LogP contribution in [0.1, 0.15) is 18.7 Å². The number of tetrazole rings is 1. The zero-order chi connectivity index (χ0) is 26.3. The third-order valence-corrected chi connectivity index (χ3v) is 6.85. The molecular weight excluding hydrogens is 508 g/mol. The lowest BCUT2D eigenvalue weighted by atomic mass is 10.0. The normalized spacial score (nSPS) is 13.7. The van der Waals surface area contributed by atoms with E-state index in [-0.39, 0.29) is 5.56 Å². The lowest BCUT2D eigenvalue weighted by Gasteiger charge is -2.17. The van der Waals surface area contributed by atoms with E-state index in [1.54, 1.807) is 47.3 Å². The molecule has 0 bridgehead atoms. The Labute approximate surface area is 221 Å². The number of rotatable bonds is 6. The molecule has 0 radical (unpaired) electrons. The molecule has 3 heterocycles.